The molecule has 2 amide bonds. The normalized spacial score (nSPS) is 15.3. The molecular weight excluding hydrogens is 397 g/mol. The predicted octanol–water partition coefficient (Wildman–Crippen LogP) is 3.27. The molecule has 1 aliphatic carbocycles. The number of carbonyl (C=O) groups is 2. The van der Waals surface area contributed by atoms with E-state index in [9.17, 15) is 9.59 Å². The third-order valence-corrected chi connectivity index (χ3v) is 5.17. The Morgan fingerprint density at radius 2 is 1.94 bits per heavy atom. The standard InChI is InChI=1S/C23H26FN5O2/c1-13(2)27-22(31)16-4-3-5-19(20(16)24)28-18-9-8-15(12-17(18)14-6-7-14)21(30)29-23-25-10-11-26-23/h3-5,8-9,12-14,28H,6-7,10-11H2,1-2H3,(H,27,31)(H2,25,26,29,30). The maximum absolute atomic E-state index is 15.0. The summed E-state index contributed by atoms with van der Waals surface area (Å²) in [4.78, 5) is 29.0. The number of amides is 2. The van der Waals surface area contributed by atoms with E-state index in [1.54, 1.807) is 24.3 Å². The second-order valence-electron chi connectivity index (χ2n) is 8.11. The number of benzene rings is 2. The van der Waals surface area contributed by atoms with Gasteiger partial charge in [-0.25, -0.2) is 4.39 Å². The molecule has 31 heavy (non-hydrogen) atoms. The fraction of sp³-hybridized carbons (Fsp3) is 0.348. The zero-order chi connectivity index (χ0) is 22.0. The first-order valence-electron chi connectivity index (χ1n) is 10.5. The molecule has 2 aromatic rings. The van der Waals surface area contributed by atoms with Crippen molar-refractivity contribution in [2.45, 2.75) is 38.6 Å². The molecule has 1 saturated carbocycles. The molecule has 0 bridgehead atoms. The molecule has 0 atom stereocenters. The van der Waals surface area contributed by atoms with Gasteiger partial charge in [0.15, 0.2) is 11.8 Å². The van der Waals surface area contributed by atoms with Gasteiger partial charge in [-0.15, -0.1) is 0 Å². The van der Waals surface area contributed by atoms with Crippen LogP contribution in [0, 0.1) is 5.82 Å². The fourth-order valence-corrected chi connectivity index (χ4v) is 3.50. The Bertz CT molecular complexity index is 1050. The summed E-state index contributed by atoms with van der Waals surface area (Å²) in [6.45, 7) is 5.01. The van der Waals surface area contributed by atoms with Crippen LogP contribution in [0.1, 0.15) is 58.9 Å². The largest absolute Gasteiger partial charge is 0.354 e. The van der Waals surface area contributed by atoms with Crippen molar-refractivity contribution in [2.75, 3.05) is 18.4 Å². The van der Waals surface area contributed by atoms with E-state index in [-0.39, 0.29) is 23.2 Å². The van der Waals surface area contributed by atoms with E-state index in [1.807, 2.05) is 19.9 Å². The summed E-state index contributed by atoms with van der Waals surface area (Å²) in [6, 6.07) is 9.95. The highest BCUT2D eigenvalue weighted by atomic mass is 19.1. The summed E-state index contributed by atoms with van der Waals surface area (Å²) in [5.74, 6) is -0.477. The molecule has 4 N–H and O–H groups in total. The van der Waals surface area contributed by atoms with E-state index >= 15 is 4.39 Å². The minimum absolute atomic E-state index is 0.00694. The molecule has 0 aromatic heterocycles. The van der Waals surface area contributed by atoms with Crippen molar-refractivity contribution < 1.29 is 14.0 Å². The van der Waals surface area contributed by atoms with Gasteiger partial charge in [-0.05, 0) is 68.5 Å². The maximum atomic E-state index is 15.0. The Balaban J connectivity index is 1.57. The van der Waals surface area contributed by atoms with Gasteiger partial charge in [0.1, 0.15) is 0 Å². The molecule has 2 aromatic carbocycles. The van der Waals surface area contributed by atoms with Crippen molar-refractivity contribution in [3.8, 4) is 0 Å². The van der Waals surface area contributed by atoms with Crippen LogP contribution in [-0.2, 0) is 0 Å². The molecule has 0 unspecified atom stereocenters. The van der Waals surface area contributed by atoms with Gasteiger partial charge in [0, 0.05) is 23.8 Å². The third-order valence-electron chi connectivity index (χ3n) is 5.17. The van der Waals surface area contributed by atoms with E-state index in [2.05, 4.69) is 26.3 Å². The van der Waals surface area contributed by atoms with Crippen molar-refractivity contribution >= 4 is 29.1 Å². The summed E-state index contributed by atoms with van der Waals surface area (Å²) in [7, 11) is 0. The Kier molecular flexibility index (Phi) is 5.88. The van der Waals surface area contributed by atoms with Crippen molar-refractivity contribution in [2.24, 2.45) is 4.99 Å². The van der Waals surface area contributed by atoms with Gasteiger partial charge in [0.05, 0.1) is 17.8 Å². The van der Waals surface area contributed by atoms with Gasteiger partial charge in [0.2, 0.25) is 0 Å². The lowest BCUT2D eigenvalue weighted by atomic mass is 10.0. The molecule has 1 aliphatic heterocycles. The van der Waals surface area contributed by atoms with Crippen LogP contribution in [0.15, 0.2) is 41.4 Å². The lowest BCUT2D eigenvalue weighted by molar-refractivity contribution is 0.0937. The highest BCUT2D eigenvalue weighted by Crippen LogP contribution is 2.44. The predicted molar refractivity (Wildman–Crippen MR) is 118 cm³/mol. The Labute approximate surface area is 180 Å². The number of anilines is 2. The van der Waals surface area contributed by atoms with E-state index in [1.165, 1.54) is 6.07 Å². The number of hydrogen-bond donors (Lipinski definition) is 4. The molecule has 0 radical (unpaired) electrons. The Hall–Kier alpha value is -3.42. The topological polar surface area (TPSA) is 94.6 Å². The fourth-order valence-electron chi connectivity index (χ4n) is 3.50. The van der Waals surface area contributed by atoms with Gasteiger partial charge in [-0.3, -0.25) is 19.9 Å². The molecule has 8 heteroatoms. The van der Waals surface area contributed by atoms with Crippen LogP contribution in [0.3, 0.4) is 0 Å². The second-order valence-corrected chi connectivity index (χ2v) is 8.11. The van der Waals surface area contributed by atoms with E-state index < -0.39 is 11.7 Å². The van der Waals surface area contributed by atoms with Crippen LogP contribution < -0.4 is 21.3 Å². The molecule has 1 heterocycles. The molecule has 2 aliphatic rings. The van der Waals surface area contributed by atoms with E-state index in [0.717, 1.165) is 24.1 Å². The van der Waals surface area contributed by atoms with Gasteiger partial charge in [-0.1, -0.05) is 6.07 Å². The van der Waals surface area contributed by atoms with Crippen LogP contribution in [0.25, 0.3) is 0 Å². The zero-order valence-electron chi connectivity index (χ0n) is 17.6. The van der Waals surface area contributed by atoms with Crippen LogP contribution in [0.5, 0.6) is 0 Å². The summed E-state index contributed by atoms with van der Waals surface area (Å²) >= 11 is 0. The SMILES string of the molecule is CC(C)NC(=O)c1cccc(Nc2ccc(C(=O)NC3=NCCN3)cc2C2CC2)c1F. The summed E-state index contributed by atoms with van der Waals surface area (Å²) in [5, 5.41) is 11.6. The minimum Gasteiger partial charge on any atom is -0.354 e. The van der Waals surface area contributed by atoms with Crippen LogP contribution in [0.4, 0.5) is 15.8 Å². The highest BCUT2D eigenvalue weighted by molar-refractivity contribution is 6.06. The van der Waals surface area contributed by atoms with E-state index in [0.29, 0.717) is 30.5 Å². The van der Waals surface area contributed by atoms with Crippen molar-refractivity contribution in [1.29, 1.82) is 0 Å². The van der Waals surface area contributed by atoms with Crippen LogP contribution >= 0.6 is 0 Å². The first kappa shape index (κ1) is 20.8. The van der Waals surface area contributed by atoms with E-state index in [4.69, 9.17) is 0 Å². The summed E-state index contributed by atoms with van der Waals surface area (Å²) in [6.07, 6.45) is 2.04. The number of nitrogens with zero attached hydrogens (tertiary/aromatic N) is 1. The van der Waals surface area contributed by atoms with Gasteiger partial charge in [0.25, 0.3) is 11.8 Å². The number of nitrogens with one attached hydrogen (secondary N) is 4. The maximum Gasteiger partial charge on any atom is 0.257 e. The number of aliphatic imine (C=N–C) groups is 1. The smallest absolute Gasteiger partial charge is 0.257 e. The van der Waals surface area contributed by atoms with Crippen molar-refractivity contribution in [1.82, 2.24) is 16.0 Å². The number of carbonyl (C=O) groups excluding carboxylic acids is 2. The van der Waals surface area contributed by atoms with Crippen LogP contribution in [0.2, 0.25) is 0 Å². The zero-order valence-corrected chi connectivity index (χ0v) is 17.6. The molecule has 1 fully saturated rings. The number of rotatable bonds is 6. The van der Waals surface area contributed by atoms with Crippen LogP contribution in [-0.4, -0.2) is 36.9 Å². The third kappa shape index (κ3) is 4.84. The van der Waals surface area contributed by atoms with Crippen molar-refractivity contribution in [3.05, 3.63) is 58.9 Å². The monoisotopic (exact) mass is 423 g/mol. The van der Waals surface area contributed by atoms with Crippen molar-refractivity contribution in [3.63, 3.8) is 0 Å². The summed E-state index contributed by atoms with van der Waals surface area (Å²) < 4.78 is 15.0. The van der Waals surface area contributed by atoms with Gasteiger partial charge in [-0.2, -0.15) is 0 Å². The minimum atomic E-state index is -0.602. The molecule has 4 rings (SSSR count). The molecular formula is C23H26FN5O2. The first-order valence-corrected chi connectivity index (χ1v) is 10.5. The number of hydrogen-bond acceptors (Lipinski definition) is 5. The molecule has 7 nitrogen and oxygen atoms in total. The number of halogens is 1. The average molecular weight is 423 g/mol. The lowest BCUT2D eigenvalue weighted by Gasteiger charge is -2.16. The molecule has 0 saturated heterocycles. The quantitative estimate of drug-likeness (QED) is 0.574. The Morgan fingerprint density at radius 3 is 2.61 bits per heavy atom. The van der Waals surface area contributed by atoms with Gasteiger partial charge < -0.3 is 16.0 Å². The Morgan fingerprint density at radius 1 is 1.13 bits per heavy atom. The highest BCUT2D eigenvalue weighted by Gasteiger charge is 2.28. The molecule has 162 valence electrons. The average Bonchev–Trinajstić information content (AvgIpc) is 3.45. The number of guanidine groups is 1. The van der Waals surface area contributed by atoms with Gasteiger partial charge >= 0.3 is 0 Å². The first-order chi connectivity index (χ1) is 14.9. The summed E-state index contributed by atoms with van der Waals surface area (Å²) in [5.41, 5.74) is 2.43. The lowest BCUT2D eigenvalue weighted by Crippen LogP contribution is -2.38. The molecule has 0 spiro atoms. The second kappa shape index (κ2) is 8.75.